The van der Waals surface area contributed by atoms with Crippen LogP contribution in [-0.2, 0) is 9.59 Å². The third kappa shape index (κ3) is 2.55. The molecular weight excluding hydrogens is 282 g/mol. The minimum absolute atomic E-state index is 0.0456. The van der Waals surface area contributed by atoms with Crippen molar-refractivity contribution < 1.29 is 19.8 Å². The van der Waals surface area contributed by atoms with Crippen molar-refractivity contribution in [3.8, 4) is 5.75 Å². The fourth-order valence-electron chi connectivity index (χ4n) is 2.56. The summed E-state index contributed by atoms with van der Waals surface area (Å²) >= 11 is 0. The number of hydrogen-bond donors (Lipinski definition) is 3. The number of Topliss-reactive ketones (excluding diaryl/α,β-unsaturated/α-hetero) is 2. The van der Waals surface area contributed by atoms with Crippen molar-refractivity contribution >= 4 is 17.3 Å². The number of carbonyl (C=O) groups excluding carboxylic acids is 2. The fraction of sp³-hybridized carbons (Fsp3) is 0.294. The first-order valence-corrected chi connectivity index (χ1v) is 7.07. The quantitative estimate of drug-likeness (QED) is 0.453. The van der Waals surface area contributed by atoms with Crippen molar-refractivity contribution in [2.75, 3.05) is 5.32 Å². The van der Waals surface area contributed by atoms with Gasteiger partial charge in [-0.2, -0.15) is 0 Å². The predicted molar refractivity (Wildman–Crippen MR) is 83.4 cm³/mol. The zero-order valence-corrected chi connectivity index (χ0v) is 12.8. The Bertz CT molecular complexity index is 698. The predicted octanol–water partition coefficient (Wildman–Crippen LogP) is 2.32. The molecule has 1 atom stereocenters. The Kier molecular flexibility index (Phi) is 4.19. The first-order chi connectivity index (χ1) is 10.3. The Morgan fingerprint density at radius 3 is 2.45 bits per heavy atom. The molecule has 0 bridgehead atoms. The summed E-state index contributed by atoms with van der Waals surface area (Å²) in [6.07, 6.45) is 1.92. The molecule has 0 aliphatic heterocycles. The SMILES string of the molecule is CCC1=C(C)C(=O)[C@@](C)(O)C(=O)/C1=C\Nc1ccccc1O. The Morgan fingerprint density at radius 2 is 1.86 bits per heavy atom. The van der Waals surface area contributed by atoms with E-state index in [-0.39, 0.29) is 11.3 Å². The zero-order chi connectivity index (χ0) is 16.5. The molecular formula is C17H19NO4. The molecule has 0 saturated heterocycles. The lowest BCUT2D eigenvalue weighted by molar-refractivity contribution is -0.144. The van der Waals surface area contributed by atoms with E-state index in [1.165, 1.54) is 19.2 Å². The van der Waals surface area contributed by atoms with Crippen LogP contribution in [0.1, 0.15) is 27.2 Å². The number of aliphatic hydroxyl groups is 1. The van der Waals surface area contributed by atoms with Gasteiger partial charge >= 0.3 is 0 Å². The normalized spacial score (nSPS) is 24.1. The molecule has 3 N–H and O–H groups in total. The standard InChI is InChI=1S/C17H19NO4/c1-4-11-10(2)15(20)17(3,22)16(21)12(11)9-18-13-7-5-6-8-14(13)19/h5-9,18-19,22H,4H2,1-3H3/b12-9-/t17-/m1/s1. The van der Waals surface area contributed by atoms with Gasteiger partial charge in [0, 0.05) is 11.8 Å². The van der Waals surface area contributed by atoms with Crippen LogP contribution >= 0.6 is 0 Å². The van der Waals surface area contributed by atoms with E-state index >= 15 is 0 Å². The van der Waals surface area contributed by atoms with Crippen molar-refractivity contribution in [1.29, 1.82) is 0 Å². The van der Waals surface area contributed by atoms with Gasteiger partial charge in [-0.05, 0) is 43.5 Å². The maximum Gasteiger partial charge on any atom is 0.203 e. The number of hydrogen-bond acceptors (Lipinski definition) is 5. The largest absolute Gasteiger partial charge is 0.506 e. The van der Waals surface area contributed by atoms with Gasteiger partial charge in [0.2, 0.25) is 5.78 Å². The first-order valence-electron chi connectivity index (χ1n) is 7.07. The van der Waals surface area contributed by atoms with E-state index in [1.54, 1.807) is 25.1 Å². The van der Waals surface area contributed by atoms with Crippen LogP contribution in [0, 0.1) is 0 Å². The van der Waals surface area contributed by atoms with E-state index in [0.717, 1.165) is 0 Å². The van der Waals surface area contributed by atoms with Crippen LogP contribution in [0.15, 0.2) is 47.2 Å². The van der Waals surface area contributed by atoms with Crippen LogP contribution in [0.3, 0.4) is 0 Å². The average molecular weight is 301 g/mol. The third-order valence-electron chi connectivity index (χ3n) is 3.88. The molecule has 0 unspecified atom stereocenters. The first kappa shape index (κ1) is 16.0. The maximum atomic E-state index is 12.4. The van der Waals surface area contributed by atoms with Gasteiger partial charge in [-0.25, -0.2) is 0 Å². The number of rotatable bonds is 3. The van der Waals surface area contributed by atoms with Crippen molar-refractivity contribution in [2.24, 2.45) is 0 Å². The summed E-state index contributed by atoms with van der Waals surface area (Å²) < 4.78 is 0. The molecule has 5 nitrogen and oxygen atoms in total. The van der Waals surface area contributed by atoms with E-state index in [0.29, 0.717) is 23.3 Å². The maximum absolute atomic E-state index is 12.4. The molecule has 0 heterocycles. The smallest absolute Gasteiger partial charge is 0.203 e. The number of nitrogens with one attached hydrogen (secondary N) is 1. The van der Waals surface area contributed by atoms with Crippen LogP contribution in [-0.4, -0.2) is 27.4 Å². The highest BCUT2D eigenvalue weighted by atomic mass is 16.3. The van der Waals surface area contributed by atoms with E-state index in [1.807, 2.05) is 6.92 Å². The number of allylic oxidation sites excluding steroid dienone is 1. The molecule has 0 amide bonds. The molecule has 0 spiro atoms. The van der Waals surface area contributed by atoms with Crippen LogP contribution in [0.25, 0.3) is 0 Å². The summed E-state index contributed by atoms with van der Waals surface area (Å²) in [5.74, 6) is -1.15. The van der Waals surface area contributed by atoms with Gasteiger partial charge in [0.1, 0.15) is 5.75 Å². The molecule has 0 saturated carbocycles. The summed E-state index contributed by atoms with van der Waals surface area (Å²) in [4.78, 5) is 24.5. The number of aromatic hydroxyl groups is 1. The minimum atomic E-state index is -2.05. The monoisotopic (exact) mass is 301 g/mol. The Balaban J connectivity index is 2.47. The molecule has 116 valence electrons. The number of phenols is 1. The van der Waals surface area contributed by atoms with E-state index in [9.17, 15) is 19.8 Å². The minimum Gasteiger partial charge on any atom is -0.506 e. The second kappa shape index (κ2) is 5.77. The number of ketones is 2. The van der Waals surface area contributed by atoms with Gasteiger partial charge < -0.3 is 15.5 Å². The zero-order valence-electron chi connectivity index (χ0n) is 12.8. The molecule has 1 aromatic rings. The molecule has 1 aliphatic carbocycles. The summed E-state index contributed by atoms with van der Waals surface area (Å²) in [7, 11) is 0. The van der Waals surface area contributed by atoms with Gasteiger partial charge in [-0.1, -0.05) is 19.1 Å². The van der Waals surface area contributed by atoms with Crippen molar-refractivity contribution in [3.63, 3.8) is 0 Å². The van der Waals surface area contributed by atoms with E-state index < -0.39 is 17.2 Å². The molecule has 0 radical (unpaired) electrons. The van der Waals surface area contributed by atoms with E-state index in [2.05, 4.69) is 5.32 Å². The fourth-order valence-corrected chi connectivity index (χ4v) is 2.56. The van der Waals surface area contributed by atoms with Gasteiger partial charge in [0.25, 0.3) is 0 Å². The molecule has 1 aliphatic rings. The van der Waals surface area contributed by atoms with E-state index in [4.69, 9.17) is 0 Å². The lowest BCUT2D eigenvalue weighted by Crippen LogP contribution is -2.48. The van der Waals surface area contributed by atoms with Gasteiger partial charge in [0.05, 0.1) is 5.69 Å². The lowest BCUT2D eigenvalue weighted by Gasteiger charge is -2.29. The van der Waals surface area contributed by atoms with Crippen LogP contribution in [0.2, 0.25) is 0 Å². The highest BCUT2D eigenvalue weighted by molar-refractivity contribution is 6.26. The second-order valence-corrected chi connectivity index (χ2v) is 5.41. The third-order valence-corrected chi connectivity index (χ3v) is 3.88. The summed E-state index contributed by atoms with van der Waals surface area (Å²) in [5.41, 5.74) is -0.364. The van der Waals surface area contributed by atoms with Crippen LogP contribution in [0.5, 0.6) is 5.75 Å². The van der Waals surface area contributed by atoms with Crippen LogP contribution in [0.4, 0.5) is 5.69 Å². The van der Waals surface area contributed by atoms with Gasteiger partial charge in [0.15, 0.2) is 11.4 Å². The second-order valence-electron chi connectivity index (χ2n) is 5.41. The Hall–Kier alpha value is -2.40. The van der Waals surface area contributed by atoms with Crippen molar-refractivity contribution in [2.45, 2.75) is 32.8 Å². The highest BCUT2D eigenvalue weighted by Crippen LogP contribution is 2.33. The number of para-hydroxylation sites is 2. The van der Waals surface area contributed by atoms with Crippen LogP contribution < -0.4 is 5.32 Å². The highest BCUT2D eigenvalue weighted by Gasteiger charge is 2.46. The molecule has 1 aromatic carbocycles. The molecule has 2 rings (SSSR count). The summed E-state index contributed by atoms with van der Waals surface area (Å²) in [5, 5.41) is 22.8. The molecule has 0 aromatic heterocycles. The molecule has 5 heteroatoms. The van der Waals surface area contributed by atoms with Crippen molar-refractivity contribution in [3.05, 3.63) is 47.2 Å². The number of benzene rings is 1. The number of anilines is 1. The van der Waals surface area contributed by atoms with Gasteiger partial charge in [-0.15, -0.1) is 0 Å². The Labute approximate surface area is 129 Å². The topological polar surface area (TPSA) is 86.6 Å². The lowest BCUT2D eigenvalue weighted by atomic mass is 9.76. The Morgan fingerprint density at radius 1 is 1.23 bits per heavy atom. The number of carbonyl (C=O) groups is 2. The molecule has 22 heavy (non-hydrogen) atoms. The van der Waals surface area contributed by atoms with Crippen molar-refractivity contribution in [1.82, 2.24) is 0 Å². The summed E-state index contributed by atoms with van der Waals surface area (Å²) in [6.45, 7) is 4.66. The van der Waals surface area contributed by atoms with Gasteiger partial charge in [-0.3, -0.25) is 9.59 Å². The molecule has 0 fully saturated rings. The summed E-state index contributed by atoms with van der Waals surface area (Å²) in [6, 6.07) is 6.60. The number of phenolic OH excluding ortho intramolecular Hbond substituents is 1. The average Bonchev–Trinajstić information content (AvgIpc) is 2.49.